The van der Waals surface area contributed by atoms with E-state index in [9.17, 15) is 14.7 Å². The van der Waals surface area contributed by atoms with Crippen LogP contribution in [0.15, 0.2) is 36.4 Å². The molecule has 2 N–H and O–H groups in total. The van der Waals surface area contributed by atoms with Crippen LogP contribution >= 0.6 is 0 Å². The number of likely N-dealkylation sites (tertiary alicyclic amines) is 1. The van der Waals surface area contributed by atoms with Crippen LogP contribution in [0.25, 0.3) is 0 Å². The summed E-state index contributed by atoms with van der Waals surface area (Å²) in [5, 5.41) is 19.5. The standard InChI is InChI=1S/C23H33NO4/c1-4-5-15-23(2,3)20(25)12-10-19-11-13-21(26)24(19)16-14-17-6-8-18(9-7-17)22(27)28/h6-10,12,19-20,25H,4-5,11,13-16H2,1-3H3,(H,27,28)/t19?,20-/m1/s1. The van der Waals surface area contributed by atoms with E-state index in [2.05, 4.69) is 20.8 Å². The maximum absolute atomic E-state index is 12.3. The van der Waals surface area contributed by atoms with Gasteiger partial charge in [0.2, 0.25) is 5.91 Å². The van der Waals surface area contributed by atoms with E-state index in [4.69, 9.17) is 5.11 Å². The second kappa shape index (κ2) is 9.87. The Morgan fingerprint density at radius 1 is 1.32 bits per heavy atom. The fourth-order valence-electron chi connectivity index (χ4n) is 3.58. The van der Waals surface area contributed by atoms with Gasteiger partial charge in [0, 0.05) is 13.0 Å². The van der Waals surface area contributed by atoms with E-state index in [1.54, 1.807) is 24.3 Å². The molecule has 5 heteroatoms. The number of unbranched alkanes of at least 4 members (excludes halogenated alkanes) is 1. The van der Waals surface area contributed by atoms with E-state index < -0.39 is 12.1 Å². The largest absolute Gasteiger partial charge is 0.478 e. The number of aromatic carboxylic acids is 1. The number of amides is 1. The van der Waals surface area contributed by atoms with Crippen molar-refractivity contribution in [2.75, 3.05) is 6.54 Å². The number of carboxylic acids is 1. The Kier molecular flexibility index (Phi) is 7.81. The first-order chi connectivity index (χ1) is 13.2. The average molecular weight is 388 g/mol. The van der Waals surface area contributed by atoms with Gasteiger partial charge in [-0.05, 0) is 42.4 Å². The molecule has 0 radical (unpaired) electrons. The van der Waals surface area contributed by atoms with Crippen molar-refractivity contribution in [3.8, 4) is 0 Å². The SMILES string of the molecule is CCCCC(C)(C)[C@H](O)C=CC1CCC(=O)N1CCc1ccc(C(=O)O)cc1. The van der Waals surface area contributed by atoms with Crippen LogP contribution in [0, 0.1) is 5.41 Å². The molecule has 1 unspecified atom stereocenters. The lowest BCUT2D eigenvalue weighted by Crippen LogP contribution is -2.34. The van der Waals surface area contributed by atoms with Gasteiger partial charge in [0.1, 0.15) is 0 Å². The molecule has 1 aliphatic heterocycles. The van der Waals surface area contributed by atoms with Crippen molar-refractivity contribution in [1.82, 2.24) is 4.90 Å². The molecule has 0 bridgehead atoms. The number of aliphatic hydroxyl groups excluding tert-OH is 1. The number of carbonyl (C=O) groups excluding carboxylic acids is 1. The topological polar surface area (TPSA) is 77.8 Å². The zero-order valence-corrected chi connectivity index (χ0v) is 17.2. The lowest BCUT2D eigenvalue weighted by Gasteiger charge is -2.29. The molecule has 154 valence electrons. The summed E-state index contributed by atoms with van der Waals surface area (Å²) in [5.41, 5.74) is 1.10. The first-order valence-electron chi connectivity index (χ1n) is 10.2. The van der Waals surface area contributed by atoms with Gasteiger partial charge < -0.3 is 15.1 Å². The molecular weight excluding hydrogens is 354 g/mol. The molecule has 1 saturated heterocycles. The van der Waals surface area contributed by atoms with E-state index in [1.807, 2.05) is 17.1 Å². The molecule has 5 nitrogen and oxygen atoms in total. The highest BCUT2D eigenvalue weighted by Gasteiger charge is 2.30. The van der Waals surface area contributed by atoms with Crippen molar-refractivity contribution in [1.29, 1.82) is 0 Å². The van der Waals surface area contributed by atoms with Gasteiger partial charge >= 0.3 is 5.97 Å². The summed E-state index contributed by atoms with van der Waals surface area (Å²) in [7, 11) is 0. The number of benzene rings is 1. The van der Waals surface area contributed by atoms with Crippen LogP contribution < -0.4 is 0 Å². The minimum atomic E-state index is -0.938. The summed E-state index contributed by atoms with van der Waals surface area (Å²) >= 11 is 0. The summed E-state index contributed by atoms with van der Waals surface area (Å²) in [6.45, 7) is 6.90. The predicted octanol–water partition coefficient (Wildman–Crippen LogP) is 4.05. The first-order valence-corrected chi connectivity index (χ1v) is 10.2. The van der Waals surface area contributed by atoms with E-state index in [1.165, 1.54) is 0 Å². The number of hydrogen-bond donors (Lipinski definition) is 2. The fraction of sp³-hybridized carbons (Fsp3) is 0.565. The summed E-state index contributed by atoms with van der Waals surface area (Å²) < 4.78 is 0. The van der Waals surface area contributed by atoms with E-state index in [0.29, 0.717) is 19.4 Å². The predicted molar refractivity (Wildman–Crippen MR) is 110 cm³/mol. The van der Waals surface area contributed by atoms with Gasteiger partial charge in [0.05, 0.1) is 17.7 Å². The monoisotopic (exact) mass is 387 g/mol. The number of aliphatic hydroxyl groups is 1. The highest BCUT2D eigenvalue weighted by atomic mass is 16.4. The van der Waals surface area contributed by atoms with Gasteiger partial charge in [-0.2, -0.15) is 0 Å². The molecular formula is C23H33NO4. The second-order valence-electron chi connectivity index (χ2n) is 8.37. The van der Waals surface area contributed by atoms with Crippen LogP contribution in [0.3, 0.4) is 0 Å². The molecule has 2 rings (SSSR count). The van der Waals surface area contributed by atoms with Crippen molar-refractivity contribution >= 4 is 11.9 Å². The molecule has 28 heavy (non-hydrogen) atoms. The molecule has 1 aromatic rings. The first kappa shape index (κ1) is 22.2. The average Bonchev–Trinajstić information content (AvgIpc) is 3.02. The van der Waals surface area contributed by atoms with Gasteiger partial charge in [-0.1, -0.05) is 57.9 Å². The zero-order valence-electron chi connectivity index (χ0n) is 17.2. The summed E-state index contributed by atoms with van der Waals surface area (Å²) in [5.74, 6) is -0.802. The van der Waals surface area contributed by atoms with Crippen molar-refractivity contribution in [2.24, 2.45) is 5.41 Å². The van der Waals surface area contributed by atoms with Crippen LogP contribution in [0.5, 0.6) is 0 Å². The third kappa shape index (κ3) is 5.93. The number of nitrogens with zero attached hydrogens (tertiary/aromatic N) is 1. The molecule has 0 spiro atoms. The quantitative estimate of drug-likeness (QED) is 0.594. The van der Waals surface area contributed by atoms with E-state index >= 15 is 0 Å². The third-order valence-electron chi connectivity index (χ3n) is 5.71. The lowest BCUT2D eigenvalue weighted by molar-refractivity contribution is -0.128. The maximum atomic E-state index is 12.3. The highest BCUT2D eigenvalue weighted by molar-refractivity contribution is 5.87. The van der Waals surface area contributed by atoms with Crippen molar-refractivity contribution < 1.29 is 19.8 Å². The summed E-state index contributed by atoms with van der Waals surface area (Å²) in [4.78, 5) is 25.1. The summed E-state index contributed by atoms with van der Waals surface area (Å²) in [6.07, 6.45) is 8.46. The number of hydrogen-bond acceptors (Lipinski definition) is 3. The lowest BCUT2D eigenvalue weighted by atomic mass is 9.81. The van der Waals surface area contributed by atoms with Crippen molar-refractivity contribution in [3.63, 3.8) is 0 Å². The van der Waals surface area contributed by atoms with Crippen LogP contribution in [-0.2, 0) is 11.2 Å². The van der Waals surface area contributed by atoms with Crippen molar-refractivity contribution in [3.05, 3.63) is 47.5 Å². The van der Waals surface area contributed by atoms with Gasteiger partial charge in [-0.25, -0.2) is 4.79 Å². The molecule has 0 aromatic heterocycles. The van der Waals surface area contributed by atoms with Crippen LogP contribution in [0.2, 0.25) is 0 Å². The summed E-state index contributed by atoms with van der Waals surface area (Å²) in [6, 6.07) is 6.80. The van der Waals surface area contributed by atoms with Gasteiger partial charge in [0.25, 0.3) is 0 Å². The molecule has 0 saturated carbocycles. The number of carbonyl (C=O) groups is 2. The Hall–Kier alpha value is -2.14. The van der Waals surface area contributed by atoms with E-state index in [-0.39, 0.29) is 22.9 Å². The molecule has 1 aliphatic rings. The maximum Gasteiger partial charge on any atom is 0.335 e. The van der Waals surface area contributed by atoms with Gasteiger partial charge in [-0.3, -0.25) is 4.79 Å². The number of rotatable bonds is 10. The smallest absolute Gasteiger partial charge is 0.335 e. The van der Waals surface area contributed by atoms with Gasteiger partial charge in [0.15, 0.2) is 0 Å². The Morgan fingerprint density at radius 2 is 2.00 bits per heavy atom. The highest BCUT2D eigenvalue weighted by Crippen LogP contribution is 2.29. The Balaban J connectivity index is 1.95. The molecule has 2 atom stereocenters. The second-order valence-corrected chi connectivity index (χ2v) is 8.37. The fourth-order valence-corrected chi connectivity index (χ4v) is 3.58. The normalized spacial score (nSPS) is 18.8. The minimum absolute atomic E-state index is 0.0161. The van der Waals surface area contributed by atoms with E-state index in [0.717, 1.165) is 31.2 Å². The van der Waals surface area contributed by atoms with Crippen LogP contribution in [0.1, 0.15) is 68.8 Å². The molecule has 1 aromatic carbocycles. The van der Waals surface area contributed by atoms with Crippen molar-refractivity contribution in [2.45, 2.75) is 71.4 Å². The van der Waals surface area contributed by atoms with Crippen LogP contribution in [-0.4, -0.2) is 45.7 Å². The molecule has 1 heterocycles. The third-order valence-corrected chi connectivity index (χ3v) is 5.71. The minimum Gasteiger partial charge on any atom is -0.478 e. The molecule has 0 aliphatic carbocycles. The molecule has 1 fully saturated rings. The zero-order chi connectivity index (χ0) is 20.7. The van der Waals surface area contributed by atoms with Gasteiger partial charge in [-0.15, -0.1) is 0 Å². The Bertz CT molecular complexity index is 693. The van der Waals surface area contributed by atoms with Crippen LogP contribution in [0.4, 0.5) is 0 Å². The Morgan fingerprint density at radius 3 is 2.61 bits per heavy atom. The number of carboxylic acid groups (broad SMARTS) is 1. The Labute approximate surface area is 168 Å². The molecule has 1 amide bonds.